The van der Waals surface area contributed by atoms with Crippen LogP contribution in [0.5, 0.6) is 0 Å². The highest BCUT2D eigenvalue weighted by atomic mass is 16.5. The number of nitrogens with one attached hydrogen (secondary N) is 1. The van der Waals surface area contributed by atoms with Crippen molar-refractivity contribution in [2.24, 2.45) is 5.92 Å². The van der Waals surface area contributed by atoms with Crippen LogP contribution >= 0.6 is 0 Å². The van der Waals surface area contributed by atoms with E-state index in [1.165, 1.54) is 32.1 Å². The number of ether oxygens (including phenoxy) is 1. The molecule has 2 heteroatoms. The molecule has 1 unspecified atom stereocenters. The average molecular weight is 227 g/mol. The predicted octanol–water partition coefficient (Wildman–Crippen LogP) is 3.36. The fraction of sp³-hybridized carbons (Fsp3) is 1.00. The summed E-state index contributed by atoms with van der Waals surface area (Å²) in [5.41, 5.74) is 0.291. The Kier molecular flexibility index (Phi) is 5.77. The van der Waals surface area contributed by atoms with Gasteiger partial charge >= 0.3 is 0 Å². The standard InChI is InChI=1S/C14H29NO/c1-5-8-14(3,4)15-12(2)11-13-6-9-16-10-7-13/h12-13,15H,5-11H2,1-4H3. The molecule has 1 saturated heterocycles. The largest absolute Gasteiger partial charge is 0.381 e. The molecule has 1 aliphatic rings. The van der Waals surface area contributed by atoms with Crippen LogP contribution in [0.1, 0.15) is 59.8 Å². The van der Waals surface area contributed by atoms with E-state index in [0.717, 1.165) is 19.1 Å². The predicted molar refractivity (Wildman–Crippen MR) is 69.7 cm³/mol. The highest BCUT2D eigenvalue weighted by molar-refractivity contribution is 4.81. The van der Waals surface area contributed by atoms with Crippen LogP contribution in [-0.2, 0) is 4.74 Å². The maximum atomic E-state index is 5.40. The van der Waals surface area contributed by atoms with E-state index in [0.29, 0.717) is 11.6 Å². The van der Waals surface area contributed by atoms with Gasteiger partial charge < -0.3 is 10.1 Å². The monoisotopic (exact) mass is 227 g/mol. The van der Waals surface area contributed by atoms with Gasteiger partial charge in [-0.15, -0.1) is 0 Å². The van der Waals surface area contributed by atoms with E-state index in [4.69, 9.17) is 4.74 Å². The zero-order chi connectivity index (χ0) is 12.0. The van der Waals surface area contributed by atoms with Crippen LogP contribution in [0.2, 0.25) is 0 Å². The Balaban J connectivity index is 2.25. The molecular weight excluding hydrogens is 198 g/mol. The second-order valence-electron chi connectivity index (χ2n) is 5.97. The maximum Gasteiger partial charge on any atom is 0.0468 e. The second kappa shape index (κ2) is 6.61. The summed E-state index contributed by atoms with van der Waals surface area (Å²) in [6, 6.07) is 0.629. The molecule has 0 aromatic rings. The molecule has 0 bridgehead atoms. The van der Waals surface area contributed by atoms with E-state index in [-0.39, 0.29) is 0 Å². The zero-order valence-corrected chi connectivity index (χ0v) is 11.5. The molecular formula is C14H29NO. The minimum atomic E-state index is 0.291. The summed E-state index contributed by atoms with van der Waals surface area (Å²) < 4.78 is 5.40. The van der Waals surface area contributed by atoms with E-state index in [2.05, 4.69) is 33.0 Å². The number of hydrogen-bond donors (Lipinski definition) is 1. The van der Waals surface area contributed by atoms with Crippen LogP contribution in [0, 0.1) is 5.92 Å². The topological polar surface area (TPSA) is 21.3 Å². The quantitative estimate of drug-likeness (QED) is 0.751. The first-order valence-corrected chi connectivity index (χ1v) is 6.89. The van der Waals surface area contributed by atoms with Gasteiger partial charge in [0.2, 0.25) is 0 Å². The summed E-state index contributed by atoms with van der Waals surface area (Å²) in [7, 11) is 0. The SMILES string of the molecule is CCCC(C)(C)NC(C)CC1CCOCC1. The molecule has 1 heterocycles. The van der Waals surface area contributed by atoms with Crippen molar-refractivity contribution in [3.8, 4) is 0 Å². The molecule has 0 aromatic heterocycles. The maximum absolute atomic E-state index is 5.40. The minimum Gasteiger partial charge on any atom is -0.381 e. The Morgan fingerprint density at radius 2 is 1.94 bits per heavy atom. The molecule has 1 fully saturated rings. The van der Waals surface area contributed by atoms with Gasteiger partial charge in [0.15, 0.2) is 0 Å². The van der Waals surface area contributed by atoms with Crippen LogP contribution in [0.3, 0.4) is 0 Å². The van der Waals surface area contributed by atoms with Crippen molar-refractivity contribution < 1.29 is 4.74 Å². The van der Waals surface area contributed by atoms with Crippen molar-refractivity contribution in [2.45, 2.75) is 71.4 Å². The van der Waals surface area contributed by atoms with Crippen molar-refractivity contribution >= 4 is 0 Å². The van der Waals surface area contributed by atoms with Gasteiger partial charge in [-0.3, -0.25) is 0 Å². The molecule has 1 aliphatic heterocycles. The first-order chi connectivity index (χ1) is 7.53. The molecule has 1 N–H and O–H groups in total. The molecule has 0 amide bonds. The third kappa shape index (κ3) is 5.31. The zero-order valence-electron chi connectivity index (χ0n) is 11.5. The van der Waals surface area contributed by atoms with Gasteiger partial charge in [-0.25, -0.2) is 0 Å². The lowest BCUT2D eigenvalue weighted by Gasteiger charge is -2.32. The first kappa shape index (κ1) is 14.0. The molecule has 0 saturated carbocycles. The minimum absolute atomic E-state index is 0.291. The summed E-state index contributed by atoms with van der Waals surface area (Å²) in [6.07, 6.45) is 6.31. The van der Waals surface area contributed by atoms with Gasteiger partial charge in [0.25, 0.3) is 0 Å². The fourth-order valence-electron chi connectivity index (χ4n) is 2.91. The second-order valence-corrected chi connectivity index (χ2v) is 5.97. The fourth-order valence-corrected chi connectivity index (χ4v) is 2.91. The molecule has 96 valence electrons. The van der Waals surface area contributed by atoms with Crippen LogP contribution in [-0.4, -0.2) is 24.8 Å². The third-order valence-electron chi connectivity index (χ3n) is 3.54. The van der Waals surface area contributed by atoms with Crippen molar-refractivity contribution in [1.82, 2.24) is 5.32 Å². The van der Waals surface area contributed by atoms with Gasteiger partial charge in [-0.1, -0.05) is 13.3 Å². The number of hydrogen-bond acceptors (Lipinski definition) is 2. The highest BCUT2D eigenvalue weighted by Crippen LogP contribution is 2.21. The lowest BCUT2D eigenvalue weighted by molar-refractivity contribution is 0.0599. The van der Waals surface area contributed by atoms with E-state index in [1.54, 1.807) is 0 Å². The lowest BCUT2D eigenvalue weighted by atomic mass is 9.91. The van der Waals surface area contributed by atoms with E-state index in [9.17, 15) is 0 Å². The van der Waals surface area contributed by atoms with Crippen LogP contribution in [0.4, 0.5) is 0 Å². The summed E-state index contributed by atoms with van der Waals surface area (Å²) >= 11 is 0. The van der Waals surface area contributed by atoms with E-state index < -0.39 is 0 Å². The molecule has 0 aromatic carbocycles. The molecule has 1 atom stereocenters. The molecule has 0 radical (unpaired) electrons. The van der Waals surface area contributed by atoms with E-state index in [1.807, 2.05) is 0 Å². The van der Waals surface area contributed by atoms with Gasteiger partial charge in [0.1, 0.15) is 0 Å². The summed E-state index contributed by atoms with van der Waals surface area (Å²) in [6.45, 7) is 11.2. The van der Waals surface area contributed by atoms with Crippen molar-refractivity contribution in [3.05, 3.63) is 0 Å². The Labute approximate surface area is 101 Å². The van der Waals surface area contributed by atoms with Crippen LogP contribution in [0.25, 0.3) is 0 Å². The van der Waals surface area contributed by atoms with Gasteiger partial charge in [-0.05, 0) is 52.4 Å². The Bertz CT molecular complexity index is 185. The highest BCUT2D eigenvalue weighted by Gasteiger charge is 2.22. The average Bonchev–Trinajstić information content (AvgIpc) is 2.17. The smallest absolute Gasteiger partial charge is 0.0468 e. The Morgan fingerprint density at radius 3 is 2.50 bits per heavy atom. The van der Waals surface area contributed by atoms with Gasteiger partial charge in [-0.2, -0.15) is 0 Å². The summed E-state index contributed by atoms with van der Waals surface area (Å²) in [4.78, 5) is 0. The van der Waals surface area contributed by atoms with Crippen LogP contribution in [0.15, 0.2) is 0 Å². The Hall–Kier alpha value is -0.0800. The van der Waals surface area contributed by atoms with Crippen molar-refractivity contribution in [3.63, 3.8) is 0 Å². The number of rotatable bonds is 6. The van der Waals surface area contributed by atoms with Gasteiger partial charge in [0.05, 0.1) is 0 Å². The molecule has 0 spiro atoms. The lowest BCUT2D eigenvalue weighted by Crippen LogP contribution is -2.45. The molecule has 1 rings (SSSR count). The first-order valence-electron chi connectivity index (χ1n) is 6.89. The molecule has 16 heavy (non-hydrogen) atoms. The third-order valence-corrected chi connectivity index (χ3v) is 3.54. The Morgan fingerprint density at radius 1 is 1.31 bits per heavy atom. The van der Waals surface area contributed by atoms with Crippen LogP contribution < -0.4 is 5.32 Å². The van der Waals surface area contributed by atoms with Crippen molar-refractivity contribution in [2.75, 3.05) is 13.2 Å². The summed E-state index contributed by atoms with van der Waals surface area (Å²) in [5, 5.41) is 3.76. The summed E-state index contributed by atoms with van der Waals surface area (Å²) in [5.74, 6) is 0.869. The van der Waals surface area contributed by atoms with Gasteiger partial charge in [0, 0.05) is 24.8 Å². The molecule has 2 nitrogen and oxygen atoms in total. The van der Waals surface area contributed by atoms with E-state index >= 15 is 0 Å². The van der Waals surface area contributed by atoms with Crippen molar-refractivity contribution in [1.29, 1.82) is 0 Å². The normalized spacial score (nSPS) is 21.0. The molecule has 0 aliphatic carbocycles.